The van der Waals surface area contributed by atoms with Gasteiger partial charge in [0.05, 0.1) is 18.2 Å². The van der Waals surface area contributed by atoms with Crippen molar-refractivity contribution in [1.29, 1.82) is 0 Å². The topological polar surface area (TPSA) is 99.7 Å². The molecular weight excluding hydrogens is 535 g/mol. The molecule has 1 aromatic heterocycles. The summed E-state index contributed by atoms with van der Waals surface area (Å²) in [5.74, 6) is -1.12. The third kappa shape index (κ3) is 6.08. The van der Waals surface area contributed by atoms with Gasteiger partial charge in [0, 0.05) is 30.9 Å². The molecule has 3 amide bonds. The quantitative estimate of drug-likeness (QED) is 0.460. The summed E-state index contributed by atoms with van der Waals surface area (Å²) in [5.41, 5.74) is 2.81. The standard InChI is InChI=1S/C32H35N4O4P/c1-32(2,3)23-10-8-21(9-11-23)29(38)34-25(17-20-6-12-24(41)13-7-20)31(40)35-16-14-26-28(35)27(37)19-36(26)30(39)22-5-4-15-33-18-22/h4-13,15,18,25-26,28H,14,16-17,19,41H2,1-3H3,(H,34,38)/t25-,26+,28?/m0/s1. The SMILES string of the molecule is CC(C)(C)c1ccc(C(=O)N[C@@H](Cc2ccc(P)cc2)C(=O)N2CC[C@@H]3C2C(=O)CN3C(=O)c2cccnc2)cc1. The fraction of sp³-hybridized carbons (Fsp3) is 0.344. The van der Waals surface area contributed by atoms with Crippen LogP contribution in [0.1, 0.15) is 59.0 Å². The highest BCUT2D eigenvalue weighted by Crippen LogP contribution is 2.31. The first-order valence-corrected chi connectivity index (χ1v) is 14.4. The van der Waals surface area contributed by atoms with E-state index in [4.69, 9.17) is 0 Å². The van der Waals surface area contributed by atoms with E-state index in [2.05, 4.69) is 40.3 Å². The van der Waals surface area contributed by atoms with Crippen molar-refractivity contribution in [1.82, 2.24) is 20.1 Å². The van der Waals surface area contributed by atoms with Gasteiger partial charge in [0.2, 0.25) is 5.91 Å². The summed E-state index contributed by atoms with van der Waals surface area (Å²) < 4.78 is 0. The average Bonchev–Trinajstić information content (AvgIpc) is 3.54. The molecule has 5 rings (SSSR count). The number of ketones is 1. The van der Waals surface area contributed by atoms with Crippen molar-refractivity contribution in [2.24, 2.45) is 0 Å². The van der Waals surface area contributed by atoms with Crippen LogP contribution in [0.3, 0.4) is 0 Å². The zero-order valence-corrected chi connectivity index (χ0v) is 24.7. The van der Waals surface area contributed by atoms with Gasteiger partial charge < -0.3 is 15.1 Å². The maximum atomic E-state index is 14.0. The number of nitrogens with zero attached hydrogens (tertiary/aromatic N) is 3. The number of amides is 3. The predicted molar refractivity (Wildman–Crippen MR) is 160 cm³/mol. The molecule has 2 fully saturated rings. The van der Waals surface area contributed by atoms with Gasteiger partial charge in [-0.2, -0.15) is 0 Å². The molecule has 1 N–H and O–H groups in total. The monoisotopic (exact) mass is 570 g/mol. The van der Waals surface area contributed by atoms with Gasteiger partial charge in [-0.15, -0.1) is 9.24 Å². The number of pyridine rings is 1. The largest absolute Gasteiger partial charge is 0.340 e. The van der Waals surface area contributed by atoms with E-state index in [0.717, 1.165) is 16.4 Å². The molecule has 8 nitrogen and oxygen atoms in total. The number of benzene rings is 2. The Balaban J connectivity index is 1.37. The first kappa shape index (κ1) is 28.6. The lowest BCUT2D eigenvalue weighted by atomic mass is 9.86. The number of rotatable bonds is 6. The van der Waals surface area contributed by atoms with Gasteiger partial charge in [0.25, 0.3) is 11.8 Å². The van der Waals surface area contributed by atoms with Crippen molar-refractivity contribution < 1.29 is 19.2 Å². The smallest absolute Gasteiger partial charge is 0.256 e. The van der Waals surface area contributed by atoms with Crippen LogP contribution >= 0.6 is 9.24 Å². The summed E-state index contributed by atoms with van der Waals surface area (Å²) in [6, 6.07) is 16.5. The molecule has 0 bridgehead atoms. The van der Waals surface area contributed by atoms with Gasteiger partial charge in [-0.1, -0.05) is 57.2 Å². The molecule has 41 heavy (non-hydrogen) atoms. The van der Waals surface area contributed by atoms with Crippen LogP contribution in [-0.2, 0) is 21.4 Å². The van der Waals surface area contributed by atoms with E-state index in [1.807, 2.05) is 36.4 Å². The molecule has 2 saturated heterocycles. The van der Waals surface area contributed by atoms with Gasteiger partial charge in [-0.25, -0.2) is 0 Å². The van der Waals surface area contributed by atoms with Gasteiger partial charge in [0.1, 0.15) is 12.1 Å². The van der Waals surface area contributed by atoms with Crippen LogP contribution in [0.15, 0.2) is 73.1 Å². The summed E-state index contributed by atoms with van der Waals surface area (Å²) in [7, 11) is 2.63. The molecule has 3 aromatic rings. The van der Waals surface area contributed by atoms with E-state index in [-0.39, 0.29) is 41.9 Å². The number of nitrogens with one attached hydrogen (secondary N) is 1. The van der Waals surface area contributed by atoms with Crippen LogP contribution < -0.4 is 10.6 Å². The molecule has 2 aromatic carbocycles. The Kier molecular flexibility index (Phi) is 8.05. The lowest BCUT2D eigenvalue weighted by Gasteiger charge is -2.28. The zero-order chi connectivity index (χ0) is 29.3. The van der Waals surface area contributed by atoms with Crippen LogP contribution in [0.25, 0.3) is 0 Å². The minimum atomic E-state index is -0.880. The average molecular weight is 571 g/mol. The van der Waals surface area contributed by atoms with E-state index in [9.17, 15) is 19.2 Å². The Labute approximate surface area is 242 Å². The number of hydrogen-bond acceptors (Lipinski definition) is 5. The number of aromatic nitrogens is 1. The van der Waals surface area contributed by atoms with Crippen molar-refractivity contribution >= 4 is 38.0 Å². The second-order valence-corrected chi connectivity index (χ2v) is 12.4. The van der Waals surface area contributed by atoms with Gasteiger partial charge in [-0.05, 0) is 52.5 Å². The van der Waals surface area contributed by atoms with Gasteiger partial charge in [0.15, 0.2) is 5.78 Å². The van der Waals surface area contributed by atoms with Crippen molar-refractivity contribution in [2.75, 3.05) is 13.1 Å². The maximum absolute atomic E-state index is 14.0. The van der Waals surface area contributed by atoms with Crippen molar-refractivity contribution in [3.63, 3.8) is 0 Å². The molecule has 9 heteroatoms. The molecule has 0 aliphatic carbocycles. The first-order valence-electron chi connectivity index (χ1n) is 13.8. The Morgan fingerprint density at radius 3 is 2.34 bits per heavy atom. The van der Waals surface area contributed by atoms with Crippen molar-refractivity contribution in [2.45, 2.75) is 57.2 Å². The van der Waals surface area contributed by atoms with E-state index < -0.39 is 18.1 Å². The molecule has 212 valence electrons. The zero-order valence-electron chi connectivity index (χ0n) is 23.5. The number of carbonyl (C=O) groups is 4. The summed E-state index contributed by atoms with van der Waals surface area (Å²) in [6.07, 6.45) is 3.84. The number of fused-ring (bicyclic) bond motifs is 1. The summed E-state index contributed by atoms with van der Waals surface area (Å²) in [4.78, 5) is 60.9. The minimum absolute atomic E-state index is 0.0519. The molecule has 3 heterocycles. The minimum Gasteiger partial charge on any atom is -0.340 e. The molecule has 0 saturated carbocycles. The van der Waals surface area contributed by atoms with Crippen LogP contribution in [0.5, 0.6) is 0 Å². The molecular formula is C32H35N4O4P. The molecule has 2 unspecified atom stereocenters. The van der Waals surface area contributed by atoms with Crippen LogP contribution in [-0.4, -0.2) is 69.5 Å². The lowest BCUT2D eigenvalue weighted by Crippen LogP contribution is -2.53. The maximum Gasteiger partial charge on any atom is 0.256 e. The molecule has 2 aliphatic rings. The van der Waals surface area contributed by atoms with E-state index in [1.54, 1.807) is 40.3 Å². The lowest BCUT2D eigenvalue weighted by molar-refractivity contribution is -0.138. The van der Waals surface area contributed by atoms with Gasteiger partial charge in [-0.3, -0.25) is 24.2 Å². The number of likely N-dealkylation sites (tertiary alicyclic amines) is 2. The van der Waals surface area contributed by atoms with Crippen LogP contribution in [0, 0.1) is 0 Å². The number of Topliss-reactive ketones (excluding diaryl/α,β-unsaturated/α-hetero) is 1. The summed E-state index contributed by atoms with van der Waals surface area (Å²) >= 11 is 0. The van der Waals surface area contributed by atoms with E-state index >= 15 is 0 Å². The fourth-order valence-electron chi connectivity index (χ4n) is 5.65. The molecule has 2 aliphatic heterocycles. The van der Waals surface area contributed by atoms with Crippen LogP contribution in [0.4, 0.5) is 0 Å². The predicted octanol–water partition coefficient (Wildman–Crippen LogP) is 2.92. The third-order valence-corrected chi connectivity index (χ3v) is 8.30. The molecule has 0 spiro atoms. The fourth-order valence-corrected chi connectivity index (χ4v) is 5.84. The van der Waals surface area contributed by atoms with E-state index in [1.165, 1.54) is 6.20 Å². The highest BCUT2D eigenvalue weighted by molar-refractivity contribution is 7.27. The van der Waals surface area contributed by atoms with Crippen molar-refractivity contribution in [3.8, 4) is 0 Å². The summed E-state index contributed by atoms with van der Waals surface area (Å²) in [5, 5.41) is 3.96. The third-order valence-electron chi connectivity index (χ3n) is 7.91. The highest BCUT2D eigenvalue weighted by Gasteiger charge is 2.52. The second-order valence-electron chi connectivity index (χ2n) is 11.8. The Morgan fingerprint density at radius 2 is 1.71 bits per heavy atom. The molecule has 0 radical (unpaired) electrons. The number of carbonyl (C=O) groups excluding carboxylic acids is 4. The normalized spacial score (nSPS) is 19.2. The van der Waals surface area contributed by atoms with Gasteiger partial charge >= 0.3 is 0 Å². The Morgan fingerprint density at radius 1 is 1.00 bits per heavy atom. The van der Waals surface area contributed by atoms with Crippen LogP contribution in [0.2, 0.25) is 0 Å². The summed E-state index contributed by atoms with van der Waals surface area (Å²) in [6.45, 7) is 6.59. The Bertz CT molecular complexity index is 1450. The molecule has 4 atom stereocenters. The van der Waals surface area contributed by atoms with Crippen molar-refractivity contribution in [3.05, 3.63) is 95.3 Å². The first-order chi connectivity index (χ1) is 19.5. The second kappa shape index (κ2) is 11.5. The Hall–Kier alpha value is -3.90. The number of hydrogen-bond donors (Lipinski definition) is 1. The van der Waals surface area contributed by atoms with E-state index in [0.29, 0.717) is 24.1 Å². The highest BCUT2D eigenvalue weighted by atomic mass is 31.0.